The van der Waals surface area contributed by atoms with Gasteiger partial charge in [-0.05, 0) is 44.4 Å². The second kappa shape index (κ2) is 3.84. The van der Waals surface area contributed by atoms with Gasteiger partial charge in [-0.3, -0.25) is 0 Å². The van der Waals surface area contributed by atoms with E-state index in [4.69, 9.17) is 0 Å². The summed E-state index contributed by atoms with van der Waals surface area (Å²) in [5, 5.41) is 13.7. The number of hydrogen-bond donors (Lipinski definition) is 1. The number of rotatable bonds is 3. The largest absolute Gasteiger partial charge is 0.357 e. The van der Waals surface area contributed by atoms with E-state index in [1.807, 2.05) is 6.92 Å². The molecule has 0 aliphatic heterocycles. The molecule has 1 aromatic heterocycles. The van der Waals surface area contributed by atoms with Gasteiger partial charge in [0.25, 0.3) is 0 Å². The highest BCUT2D eigenvalue weighted by molar-refractivity contribution is 7.15. The number of aryl methyl sites for hydroxylation is 1. The summed E-state index contributed by atoms with van der Waals surface area (Å²) in [6.07, 6.45) is 7.50. The van der Waals surface area contributed by atoms with Crippen molar-refractivity contribution in [3.63, 3.8) is 0 Å². The summed E-state index contributed by atoms with van der Waals surface area (Å²) in [4.78, 5) is 0. The molecule has 86 valence electrons. The Morgan fingerprint density at radius 1 is 1.38 bits per heavy atom. The van der Waals surface area contributed by atoms with Crippen LogP contribution in [0.3, 0.4) is 0 Å². The zero-order chi connectivity index (χ0) is 11.1. The number of nitrogens with zero attached hydrogens (tertiary/aromatic N) is 2. The Bertz CT molecular complexity index is 412. The van der Waals surface area contributed by atoms with Crippen LogP contribution in [0, 0.1) is 24.7 Å². The zero-order valence-corrected chi connectivity index (χ0v) is 10.5. The van der Waals surface area contributed by atoms with Gasteiger partial charge in [-0.25, -0.2) is 0 Å². The minimum Gasteiger partial charge on any atom is -0.357 e. The maximum absolute atomic E-state index is 4.13. The molecule has 3 nitrogen and oxygen atoms in total. The number of hydrogen-bond acceptors (Lipinski definition) is 4. The van der Waals surface area contributed by atoms with Gasteiger partial charge in [0.1, 0.15) is 5.01 Å². The molecule has 1 fully saturated rings. The van der Waals surface area contributed by atoms with Crippen LogP contribution in [0.2, 0.25) is 0 Å². The van der Waals surface area contributed by atoms with Crippen LogP contribution in [0.1, 0.15) is 24.8 Å². The summed E-state index contributed by atoms with van der Waals surface area (Å²) in [5.74, 6) is 2.41. The number of nitrogens with one attached hydrogen (secondary N) is 1. The molecule has 2 aliphatic carbocycles. The van der Waals surface area contributed by atoms with E-state index >= 15 is 0 Å². The number of aromatic nitrogens is 2. The SMILES string of the molecule is Cc1nnc(NC(C)C2CC3C=CC2C3)s1. The maximum atomic E-state index is 4.13. The molecule has 2 aliphatic rings. The van der Waals surface area contributed by atoms with E-state index in [0.717, 1.165) is 27.9 Å². The normalized spacial score (nSPS) is 33.2. The van der Waals surface area contributed by atoms with Crippen molar-refractivity contribution in [2.75, 3.05) is 5.32 Å². The molecule has 4 heteroatoms. The van der Waals surface area contributed by atoms with Crippen molar-refractivity contribution in [2.24, 2.45) is 17.8 Å². The van der Waals surface area contributed by atoms with Gasteiger partial charge >= 0.3 is 0 Å². The molecule has 0 aromatic carbocycles. The van der Waals surface area contributed by atoms with Crippen molar-refractivity contribution in [3.05, 3.63) is 17.2 Å². The van der Waals surface area contributed by atoms with Crippen LogP contribution in [-0.2, 0) is 0 Å². The second-order valence-electron chi connectivity index (χ2n) is 5.00. The predicted molar refractivity (Wildman–Crippen MR) is 66.6 cm³/mol. The van der Waals surface area contributed by atoms with Crippen LogP contribution in [0.25, 0.3) is 0 Å². The third kappa shape index (κ3) is 1.75. The average Bonchev–Trinajstić information content (AvgIpc) is 2.93. The lowest BCUT2D eigenvalue weighted by Gasteiger charge is -2.25. The lowest BCUT2D eigenvalue weighted by atomic mass is 9.88. The molecule has 0 amide bonds. The number of fused-ring (bicyclic) bond motifs is 2. The van der Waals surface area contributed by atoms with Crippen LogP contribution in [0.15, 0.2) is 12.2 Å². The van der Waals surface area contributed by atoms with E-state index in [2.05, 4.69) is 34.6 Å². The molecule has 0 saturated heterocycles. The van der Waals surface area contributed by atoms with Gasteiger partial charge in [0.15, 0.2) is 0 Å². The Labute approximate surface area is 100.0 Å². The van der Waals surface area contributed by atoms with Crippen LogP contribution in [-0.4, -0.2) is 16.2 Å². The Kier molecular flexibility index (Phi) is 2.46. The second-order valence-corrected chi connectivity index (χ2v) is 6.18. The van der Waals surface area contributed by atoms with Crippen molar-refractivity contribution >= 4 is 16.5 Å². The third-order valence-electron chi connectivity index (χ3n) is 3.85. The maximum Gasteiger partial charge on any atom is 0.205 e. The van der Waals surface area contributed by atoms with Gasteiger partial charge in [-0.15, -0.1) is 10.2 Å². The van der Waals surface area contributed by atoms with Crippen LogP contribution in [0.5, 0.6) is 0 Å². The highest BCUT2D eigenvalue weighted by atomic mass is 32.1. The van der Waals surface area contributed by atoms with Crippen molar-refractivity contribution < 1.29 is 0 Å². The van der Waals surface area contributed by atoms with Crippen LogP contribution in [0.4, 0.5) is 5.13 Å². The Hall–Kier alpha value is -0.900. The quantitative estimate of drug-likeness (QED) is 0.819. The Morgan fingerprint density at radius 3 is 2.81 bits per heavy atom. The molecular weight excluding hydrogens is 218 g/mol. The van der Waals surface area contributed by atoms with E-state index < -0.39 is 0 Å². The summed E-state index contributed by atoms with van der Waals surface area (Å²) in [6, 6.07) is 0.507. The lowest BCUT2D eigenvalue weighted by Crippen LogP contribution is -2.28. The molecule has 1 saturated carbocycles. The Balaban J connectivity index is 1.65. The molecule has 3 rings (SSSR count). The first-order chi connectivity index (χ1) is 7.72. The van der Waals surface area contributed by atoms with E-state index in [0.29, 0.717) is 6.04 Å². The van der Waals surface area contributed by atoms with Gasteiger partial charge in [-0.1, -0.05) is 23.5 Å². The number of anilines is 1. The molecular formula is C12H17N3S. The summed E-state index contributed by atoms with van der Waals surface area (Å²) >= 11 is 1.64. The molecule has 1 aromatic rings. The molecule has 1 heterocycles. The van der Waals surface area contributed by atoms with E-state index in [9.17, 15) is 0 Å². The highest BCUT2D eigenvalue weighted by Gasteiger charge is 2.38. The van der Waals surface area contributed by atoms with Gasteiger partial charge < -0.3 is 5.32 Å². The highest BCUT2D eigenvalue weighted by Crippen LogP contribution is 2.45. The first-order valence-electron chi connectivity index (χ1n) is 5.97. The smallest absolute Gasteiger partial charge is 0.205 e. The Morgan fingerprint density at radius 2 is 2.25 bits per heavy atom. The van der Waals surface area contributed by atoms with Crippen molar-refractivity contribution in [1.29, 1.82) is 0 Å². The predicted octanol–water partition coefficient (Wildman–Crippen LogP) is 2.86. The molecule has 0 spiro atoms. The van der Waals surface area contributed by atoms with Gasteiger partial charge in [0.2, 0.25) is 5.13 Å². The van der Waals surface area contributed by atoms with Gasteiger partial charge in [-0.2, -0.15) is 0 Å². The first kappa shape index (κ1) is 10.3. The fourth-order valence-electron chi connectivity index (χ4n) is 3.05. The third-order valence-corrected chi connectivity index (χ3v) is 4.62. The molecule has 4 unspecified atom stereocenters. The molecule has 1 N–H and O–H groups in total. The monoisotopic (exact) mass is 235 g/mol. The molecule has 0 radical (unpaired) electrons. The number of allylic oxidation sites excluding steroid dienone is 2. The molecule has 4 atom stereocenters. The van der Waals surface area contributed by atoms with E-state index in [1.165, 1.54) is 12.8 Å². The van der Waals surface area contributed by atoms with E-state index in [-0.39, 0.29) is 0 Å². The standard InChI is InChI=1S/C12H17N3S/c1-7(13-12-15-14-8(2)16-12)11-6-9-3-4-10(11)5-9/h3-4,7,9-11H,5-6H2,1-2H3,(H,13,15). The minimum absolute atomic E-state index is 0.507. The zero-order valence-electron chi connectivity index (χ0n) is 9.68. The fraction of sp³-hybridized carbons (Fsp3) is 0.667. The average molecular weight is 235 g/mol. The lowest BCUT2D eigenvalue weighted by molar-refractivity contribution is 0.399. The van der Waals surface area contributed by atoms with Crippen molar-refractivity contribution in [2.45, 2.75) is 32.7 Å². The van der Waals surface area contributed by atoms with Crippen molar-refractivity contribution in [1.82, 2.24) is 10.2 Å². The first-order valence-corrected chi connectivity index (χ1v) is 6.79. The molecule has 2 bridgehead atoms. The minimum atomic E-state index is 0.507. The fourth-order valence-corrected chi connectivity index (χ4v) is 3.74. The van der Waals surface area contributed by atoms with Gasteiger partial charge in [0, 0.05) is 6.04 Å². The van der Waals surface area contributed by atoms with E-state index in [1.54, 1.807) is 11.3 Å². The van der Waals surface area contributed by atoms with Gasteiger partial charge in [0.05, 0.1) is 0 Å². The van der Waals surface area contributed by atoms with Crippen molar-refractivity contribution in [3.8, 4) is 0 Å². The molecule has 16 heavy (non-hydrogen) atoms. The summed E-state index contributed by atoms with van der Waals surface area (Å²) in [7, 11) is 0. The van der Waals surface area contributed by atoms with Crippen LogP contribution >= 0.6 is 11.3 Å². The summed E-state index contributed by atoms with van der Waals surface area (Å²) in [5.41, 5.74) is 0. The summed E-state index contributed by atoms with van der Waals surface area (Å²) in [6.45, 7) is 4.27. The topological polar surface area (TPSA) is 37.8 Å². The summed E-state index contributed by atoms with van der Waals surface area (Å²) < 4.78 is 0. The van der Waals surface area contributed by atoms with Crippen LogP contribution < -0.4 is 5.32 Å².